The number of nitrogen functional groups attached to an aromatic ring is 1. The number of likely N-dealkylation sites (N-methyl/N-ethyl adjacent to an activating group) is 2. The van der Waals surface area contributed by atoms with Gasteiger partial charge in [0.25, 0.3) is 11.8 Å². The summed E-state index contributed by atoms with van der Waals surface area (Å²) < 4.78 is 76.4. The normalized spacial score (nSPS) is 15.4. The molecule has 0 unspecified atom stereocenters. The van der Waals surface area contributed by atoms with Crippen LogP contribution in [0.5, 0.6) is 0 Å². The number of halogens is 5. The molecule has 1 aliphatic rings. The number of aromatic nitrogens is 2. The molecule has 60 heavy (non-hydrogen) atoms. The van der Waals surface area contributed by atoms with Gasteiger partial charge in [0.05, 0.1) is 4.70 Å². The number of allylic oxidation sites excluding steroid dienone is 6. The van der Waals surface area contributed by atoms with E-state index in [0.29, 0.717) is 33.9 Å². The van der Waals surface area contributed by atoms with Gasteiger partial charge < -0.3 is 26.2 Å². The number of fused-ring (bicyclic) bond motifs is 1. The predicted octanol–water partition coefficient (Wildman–Crippen LogP) is 6.48. The number of amides is 4. The highest BCUT2D eigenvalue weighted by Crippen LogP contribution is 2.30. The van der Waals surface area contributed by atoms with Gasteiger partial charge in [-0.3, -0.25) is 24.3 Å². The van der Waals surface area contributed by atoms with E-state index in [4.69, 9.17) is 10.9 Å². The molecule has 0 saturated carbocycles. The van der Waals surface area contributed by atoms with Crippen molar-refractivity contribution in [2.75, 3.05) is 36.3 Å². The third kappa shape index (κ3) is 11.3. The molecule has 3 aromatic carbocycles. The van der Waals surface area contributed by atoms with E-state index in [1.165, 1.54) is 25.1 Å². The van der Waals surface area contributed by atoms with Gasteiger partial charge in [-0.05, 0) is 102 Å². The zero-order valence-electron chi connectivity index (χ0n) is 32.1. The number of alkyl halides is 1. The topological polar surface area (TPSA) is 177 Å². The van der Waals surface area contributed by atoms with Gasteiger partial charge in [-0.1, -0.05) is 23.2 Å². The SMILES string of the molecule is C=C/C=C(\C=C(/CF)C(=O)N[C@@H](C[C@H]1C=C(F)C=C(F)C1)C(=O)N(C)c1ccc2snnc2c1)C(=O)N[C@@H](Cc1cc(F)cc(F)c1)C(=O)N(C)c1ccc(SN)c(N)c1. The number of rotatable bonds is 16. The van der Waals surface area contributed by atoms with Gasteiger partial charge in [0.15, 0.2) is 0 Å². The summed E-state index contributed by atoms with van der Waals surface area (Å²) in [6.45, 7) is 2.12. The molecule has 0 fully saturated rings. The average Bonchev–Trinajstić information content (AvgIpc) is 3.68. The van der Waals surface area contributed by atoms with Crippen LogP contribution in [0, 0.1) is 17.6 Å². The molecular formula is C41H39F5N8O4S2. The van der Waals surface area contributed by atoms with Gasteiger partial charge in [-0.25, -0.2) is 22.0 Å². The maximum atomic E-state index is 14.8. The van der Waals surface area contributed by atoms with Crippen LogP contribution in [0.4, 0.5) is 39.0 Å². The minimum Gasteiger partial charge on any atom is -0.398 e. The zero-order valence-corrected chi connectivity index (χ0v) is 33.8. The second-order valence-corrected chi connectivity index (χ2v) is 15.1. The summed E-state index contributed by atoms with van der Waals surface area (Å²) in [4.78, 5) is 58.5. The first-order valence-corrected chi connectivity index (χ1v) is 19.7. The molecule has 19 heteroatoms. The van der Waals surface area contributed by atoms with E-state index < -0.39 is 83.6 Å². The average molecular weight is 867 g/mol. The zero-order chi connectivity index (χ0) is 43.7. The van der Waals surface area contributed by atoms with Gasteiger partial charge in [0, 0.05) is 72.2 Å². The number of nitrogens with two attached hydrogens (primary N) is 2. The molecule has 12 nitrogen and oxygen atoms in total. The van der Waals surface area contributed by atoms with Crippen molar-refractivity contribution < 1.29 is 41.1 Å². The Kier molecular flexibility index (Phi) is 15.1. The highest BCUT2D eigenvalue weighted by Gasteiger charge is 2.31. The lowest BCUT2D eigenvalue weighted by atomic mass is 9.91. The van der Waals surface area contributed by atoms with E-state index in [0.717, 1.165) is 69.5 Å². The summed E-state index contributed by atoms with van der Waals surface area (Å²) in [5.41, 5.74) is 6.44. The fourth-order valence-electron chi connectivity index (χ4n) is 6.34. The molecule has 1 aromatic heterocycles. The third-order valence-corrected chi connectivity index (χ3v) is 10.7. The van der Waals surface area contributed by atoms with Gasteiger partial charge in [-0.15, -0.1) is 5.10 Å². The Balaban J connectivity index is 1.42. The first kappa shape index (κ1) is 44.9. The first-order chi connectivity index (χ1) is 28.6. The summed E-state index contributed by atoms with van der Waals surface area (Å²) >= 11 is 2.03. The number of carbonyl (C=O) groups is 4. The van der Waals surface area contributed by atoms with Crippen molar-refractivity contribution in [1.82, 2.24) is 20.2 Å². The van der Waals surface area contributed by atoms with Crippen molar-refractivity contribution in [2.24, 2.45) is 11.1 Å². The minimum absolute atomic E-state index is 0.00877. The molecule has 0 radical (unpaired) electrons. The van der Waals surface area contributed by atoms with Crippen molar-refractivity contribution in [3.8, 4) is 0 Å². The Bertz CT molecular complexity index is 2420. The Morgan fingerprint density at radius 3 is 2.23 bits per heavy atom. The molecule has 0 spiro atoms. The van der Waals surface area contributed by atoms with Crippen LogP contribution in [-0.4, -0.2) is 66.1 Å². The summed E-state index contributed by atoms with van der Waals surface area (Å²) in [5, 5.41) is 14.6. The second-order valence-electron chi connectivity index (χ2n) is 13.6. The maximum Gasteiger partial charge on any atom is 0.251 e. The van der Waals surface area contributed by atoms with Crippen LogP contribution in [0.3, 0.4) is 0 Å². The molecule has 0 saturated heterocycles. The van der Waals surface area contributed by atoms with Gasteiger partial charge in [0.1, 0.15) is 47.6 Å². The van der Waals surface area contributed by atoms with Crippen molar-refractivity contribution >= 4 is 74.4 Å². The quantitative estimate of drug-likeness (QED) is 0.0323. The lowest BCUT2D eigenvalue weighted by Gasteiger charge is -2.28. The highest BCUT2D eigenvalue weighted by molar-refractivity contribution is 7.97. The lowest BCUT2D eigenvalue weighted by Crippen LogP contribution is -2.49. The van der Waals surface area contributed by atoms with Crippen molar-refractivity contribution in [3.63, 3.8) is 0 Å². The summed E-state index contributed by atoms with van der Waals surface area (Å²) in [6.07, 6.45) is 4.00. The second kappa shape index (κ2) is 20.2. The van der Waals surface area contributed by atoms with Crippen molar-refractivity contribution in [2.45, 2.75) is 36.2 Å². The molecule has 0 aliphatic heterocycles. The van der Waals surface area contributed by atoms with Crippen LogP contribution >= 0.6 is 23.5 Å². The molecule has 6 N–H and O–H groups in total. The van der Waals surface area contributed by atoms with Crippen LogP contribution in [-0.2, 0) is 25.6 Å². The van der Waals surface area contributed by atoms with Gasteiger partial charge in [0.2, 0.25) is 11.8 Å². The van der Waals surface area contributed by atoms with Crippen LogP contribution in [0.15, 0.2) is 119 Å². The Hall–Kier alpha value is -6.18. The fourth-order valence-corrected chi connectivity index (χ4v) is 7.23. The maximum absolute atomic E-state index is 14.8. The van der Waals surface area contributed by atoms with E-state index in [9.17, 15) is 41.1 Å². The molecule has 3 atom stereocenters. The fraction of sp³-hybridized carbons (Fsp3) is 0.220. The Morgan fingerprint density at radius 2 is 1.60 bits per heavy atom. The molecule has 314 valence electrons. The van der Waals surface area contributed by atoms with Crippen molar-refractivity contribution in [3.05, 3.63) is 132 Å². The van der Waals surface area contributed by atoms with Crippen LogP contribution < -0.4 is 31.3 Å². The highest BCUT2D eigenvalue weighted by atomic mass is 32.2. The monoisotopic (exact) mass is 866 g/mol. The Morgan fingerprint density at radius 1 is 0.950 bits per heavy atom. The molecule has 4 aromatic rings. The van der Waals surface area contributed by atoms with Gasteiger partial charge in [-0.2, -0.15) is 0 Å². The van der Waals surface area contributed by atoms with E-state index in [-0.39, 0.29) is 29.7 Å². The lowest BCUT2D eigenvalue weighted by molar-refractivity contribution is -0.126. The van der Waals surface area contributed by atoms with Gasteiger partial charge >= 0.3 is 0 Å². The molecule has 5 rings (SSSR count). The Labute approximate surface area is 349 Å². The number of anilines is 3. The van der Waals surface area contributed by atoms with Crippen LogP contribution in [0.25, 0.3) is 10.2 Å². The van der Waals surface area contributed by atoms with Crippen LogP contribution in [0.2, 0.25) is 0 Å². The summed E-state index contributed by atoms with van der Waals surface area (Å²) in [5.74, 6) is -8.01. The third-order valence-electron chi connectivity index (χ3n) is 9.37. The number of benzene rings is 3. The largest absolute Gasteiger partial charge is 0.398 e. The van der Waals surface area contributed by atoms with E-state index in [2.05, 4.69) is 26.8 Å². The first-order valence-electron chi connectivity index (χ1n) is 18.0. The minimum atomic E-state index is -1.49. The molecule has 0 bridgehead atoms. The smallest absolute Gasteiger partial charge is 0.251 e. The summed E-state index contributed by atoms with van der Waals surface area (Å²) in [6, 6.07) is 9.13. The number of hydrogen-bond acceptors (Lipinski definition) is 10. The number of carbonyl (C=O) groups excluding carboxylic acids is 4. The van der Waals surface area contributed by atoms with E-state index in [1.54, 1.807) is 30.3 Å². The summed E-state index contributed by atoms with van der Waals surface area (Å²) in [7, 11) is 2.80. The van der Waals surface area contributed by atoms with Crippen molar-refractivity contribution in [1.29, 1.82) is 0 Å². The molecule has 4 amide bonds. The standard InChI is InChI=1S/C41H39F5N8O4S2/c1-4-5-24(38(55)49-34(14-22-10-26(43)17-27(44)11-22)40(57)53(2)30-6-8-36(59-48)32(47)19-30)16-25(21-42)39(56)50-35(15-23-12-28(45)18-29(46)13-23)41(58)54(3)31-7-9-37-33(20-31)51-52-60-37/h4-12,16-20,23,34-35H,1,13-15,21,47-48H2,2-3H3,(H,49,55)(H,50,56)/b24-5+,25-16+/t23-,34-,35-/m0/s1. The number of nitrogens with one attached hydrogen (secondary N) is 2. The molecule has 1 aliphatic carbocycles. The predicted molar refractivity (Wildman–Crippen MR) is 223 cm³/mol. The molecule has 1 heterocycles. The van der Waals surface area contributed by atoms with E-state index >= 15 is 0 Å². The van der Waals surface area contributed by atoms with E-state index in [1.807, 2.05) is 0 Å². The molecular weight excluding hydrogens is 828 g/mol. The number of hydrogen-bond donors (Lipinski definition) is 4. The number of nitrogens with zero attached hydrogens (tertiary/aromatic N) is 4. The van der Waals surface area contributed by atoms with Crippen LogP contribution in [0.1, 0.15) is 18.4 Å².